The second kappa shape index (κ2) is 14.0. The van der Waals surface area contributed by atoms with Crippen molar-refractivity contribution in [3.63, 3.8) is 0 Å². The lowest BCUT2D eigenvalue weighted by atomic mass is 9.46. The van der Waals surface area contributed by atoms with Crippen LogP contribution in [0, 0.1) is 28.6 Å². The molecule has 4 aliphatic rings. The van der Waals surface area contributed by atoms with E-state index in [2.05, 4.69) is 18.7 Å². The number of rotatable bonds is 12. The molecule has 252 valence electrons. The van der Waals surface area contributed by atoms with Crippen molar-refractivity contribution < 1.29 is 28.7 Å². The molecule has 46 heavy (non-hydrogen) atoms. The Labute approximate surface area is 282 Å². The summed E-state index contributed by atoms with van der Waals surface area (Å²) in [6, 6.07) is 7.80. The summed E-state index contributed by atoms with van der Waals surface area (Å²) >= 11 is 11.8. The van der Waals surface area contributed by atoms with Crippen LogP contribution in [0.1, 0.15) is 84.1 Å². The van der Waals surface area contributed by atoms with Gasteiger partial charge in [-0.05, 0) is 105 Å². The fourth-order valence-corrected chi connectivity index (χ4v) is 9.96. The molecular formula is C36H48Cl2N2O6. The quantitative estimate of drug-likeness (QED) is 0.160. The van der Waals surface area contributed by atoms with Crippen LogP contribution in [0.15, 0.2) is 35.9 Å². The average molecular weight is 676 g/mol. The van der Waals surface area contributed by atoms with Crippen LogP contribution >= 0.6 is 23.2 Å². The van der Waals surface area contributed by atoms with E-state index < -0.39 is 29.2 Å². The molecule has 10 heteroatoms. The van der Waals surface area contributed by atoms with Crippen LogP contribution in [0.5, 0.6) is 0 Å². The molecule has 7 atom stereocenters. The molecule has 0 heterocycles. The highest BCUT2D eigenvalue weighted by Crippen LogP contribution is 2.68. The van der Waals surface area contributed by atoms with E-state index in [4.69, 9.17) is 38.4 Å². The first kappa shape index (κ1) is 34.9. The summed E-state index contributed by atoms with van der Waals surface area (Å²) in [5.74, 6) is 0.556. The Morgan fingerprint density at radius 1 is 0.978 bits per heavy atom. The normalized spacial score (nSPS) is 32.3. The SMILES string of the molecule is CC(=O)[C@@]1(OC(=O)[C@@H](N)OC(=O)CCc2ccc(N(CCCl)CCCl)cc2)CC[C@H]2[C@@H]3CCC4=CC(=O)CC[C@]4(C)[C@H]3CC[C@@]21C. The second-order valence-electron chi connectivity index (χ2n) is 14.2. The van der Waals surface area contributed by atoms with E-state index in [0.29, 0.717) is 55.9 Å². The van der Waals surface area contributed by atoms with Crippen molar-refractivity contribution in [2.24, 2.45) is 34.3 Å². The molecule has 0 amide bonds. The van der Waals surface area contributed by atoms with Gasteiger partial charge in [0.05, 0.1) is 0 Å². The highest BCUT2D eigenvalue weighted by Gasteiger charge is 2.68. The first-order chi connectivity index (χ1) is 21.9. The molecule has 3 saturated carbocycles. The van der Waals surface area contributed by atoms with E-state index in [9.17, 15) is 19.2 Å². The number of nitrogens with two attached hydrogens (primary N) is 1. The van der Waals surface area contributed by atoms with E-state index in [1.807, 2.05) is 30.3 Å². The van der Waals surface area contributed by atoms with Gasteiger partial charge in [-0.2, -0.15) is 0 Å². The van der Waals surface area contributed by atoms with Crippen molar-refractivity contribution in [2.75, 3.05) is 29.7 Å². The third-order valence-corrected chi connectivity index (χ3v) is 12.4. The smallest absolute Gasteiger partial charge is 0.363 e. The first-order valence-electron chi connectivity index (χ1n) is 16.8. The molecule has 2 N–H and O–H groups in total. The maximum atomic E-state index is 13.4. The topological polar surface area (TPSA) is 116 Å². The van der Waals surface area contributed by atoms with Crippen LogP contribution in [0.2, 0.25) is 0 Å². The summed E-state index contributed by atoms with van der Waals surface area (Å²) in [7, 11) is 0. The molecule has 0 radical (unpaired) electrons. The van der Waals surface area contributed by atoms with E-state index in [1.54, 1.807) is 0 Å². The number of hydrogen-bond donors (Lipinski definition) is 1. The molecule has 1 aromatic rings. The number of halogens is 2. The zero-order valence-electron chi connectivity index (χ0n) is 27.3. The summed E-state index contributed by atoms with van der Waals surface area (Å²) in [4.78, 5) is 53.8. The van der Waals surface area contributed by atoms with Gasteiger partial charge < -0.3 is 14.4 Å². The number of carbonyl (C=O) groups excluding carboxylic acids is 4. The lowest BCUT2D eigenvalue weighted by Gasteiger charge is -2.59. The highest BCUT2D eigenvalue weighted by atomic mass is 35.5. The molecule has 0 unspecified atom stereocenters. The van der Waals surface area contributed by atoms with E-state index in [0.717, 1.165) is 49.8 Å². The number of carbonyl (C=O) groups is 4. The summed E-state index contributed by atoms with van der Waals surface area (Å²) in [6.45, 7) is 7.28. The van der Waals surface area contributed by atoms with Crippen LogP contribution in [0.4, 0.5) is 5.69 Å². The van der Waals surface area contributed by atoms with Gasteiger partial charge in [0.25, 0.3) is 0 Å². The lowest BCUT2D eigenvalue weighted by Crippen LogP contribution is -2.59. The number of alkyl halides is 2. The molecule has 4 aliphatic carbocycles. The molecule has 0 aliphatic heterocycles. The van der Waals surface area contributed by atoms with Gasteiger partial charge in [-0.25, -0.2) is 4.79 Å². The van der Waals surface area contributed by atoms with Crippen LogP contribution in [0.25, 0.3) is 0 Å². The van der Waals surface area contributed by atoms with Gasteiger partial charge in [-0.1, -0.05) is 31.6 Å². The second-order valence-corrected chi connectivity index (χ2v) is 15.0. The largest absolute Gasteiger partial charge is 0.447 e. The fraction of sp³-hybridized carbons (Fsp3) is 0.667. The van der Waals surface area contributed by atoms with E-state index >= 15 is 0 Å². The number of allylic oxidation sites excluding steroid dienone is 1. The number of ketones is 2. The van der Waals surface area contributed by atoms with Gasteiger partial charge >= 0.3 is 11.9 Å². The third kappa shape index (κ3) is 6.38. The summed E-state index contributed by atoms with van der Waals surface area (Å²) < 4.78 is 11.4. The van der Waals surface area contributed by atoms with Gasteiger partial charge in [-0.3, -0.25) is 20.1 Å². The molecule has 0 spiro atoms. The number of esters is 2. The number of ether oxygens (including phenoxy) is 2. The van der Waals surface area contributed by atoms with Gasteiger partial charge in [0.2, 0.25) is 6.23 Å². The van der Waals surface area contributed by atoms with Crippen LogP contribution in [0.3, 0.4) is 0 Å². The minimum Gasteiger partial charge on any atom is -0.447 e. The zero-order chi connectivity index (χ0) is 33.3. The number of fused-ring (bicyclic) bond motifs is 5. The average Bonchev–Trinajstić information content (AvgIpc) is 3.33. The number of aryl methyl sites for hydroxylation is 1. The fourth-order valence-electron chi connectivity index (χ4n) is 9.55. The minimum absolute atomic E-state index is 0.00368. The van der Waals surface area contributed by atoms with Gasteiger partial charge in [-0.15, -0.1) is 23.2 Å². The Balaban J connectivity index is 1.20. The van der Waals surface area contributed by atoms with Gasteiger partial charge in [0.1, 0.15) is 0 Å². The minimum atomic E-state index is -1.62. The summed E-state index contributed by atoms with van der Waals surface area (Å²) in [5.41, 5.74) is 7.43. The van der Waals surface area contributed by atoms with Crippen LogP contribution in [-0.2, 0) is 35.1 Å². The zero-order valence-corrected chi connectivity index (χ0v) is 28.8. The molecule has 0 aromatic heterocycles. The van der Waals surface area contributed by atoms with Crippen molar-refractivity contribution >= 4 is 52.4 Å². The number of nitrogens with zero attached hydrogens (tertiary/aromatic N) is 1. The van der Waals surface area contributed by atoms with Gasteiger partial charge in [0.15, 0.2) is 17.2 Å². The predicted molar refractivity (Wildman–Crippen MR) is 179 cm³/mol. The third-order valence-electron chi connectivity index (χ3n) is 12.0. The van der Waals surface area contributed by atoms with Crippen molar-refractivity contribution in [3.8, 4) is 0 Å². The predicted octanol–water partition coefficient (Wildman–Crippen LogP) is 6.13. The number of hydrogen-bond acceptors (Lipinski definition) is 8. The Morgan fingerprint density at radius 2 is 1.65 bits per heavy atom. The Hall–Kier alpha value is -2.42. The Morgan fingerprint density at radius 3 is 2.30 bits per heavy atom. The Bertz CT molecular complexity index is 1360. The summed E-state index contributed by atoms with van der Waals surface area (Å²) in [6.07, 6.45) is 6.92. The Kier molecular flexibility index (Phi) is 10.6. The number of anilines is 1. The van der Waals surface area contributed by atoms with Crippen molar-refractivity contribution in [2.45, 2.75) is 96.8 Å². The molecule has 0 bridgehead atoms. The van der Waals surface area contributed by atoms with Crippen molar-refractivity contribution in [1.82, 2.24) is 0 Å². The van der Waals surface area contributed by atoms with E-state index in [1.165, 1.54) is 12.5 Å². The highest BCUT2D eigenvalue weighted by molar-refractivity contribution is 6.18. The molecule has 3 fully saturated rings. The standard InChI is InChI=1S/C36H48Cl2N2O6/c1-23(41)36(17-14-30-28-10-7-25-22-27(42)12-15-34(25,2)29(28)13-16-35(30,36)3)46-33(44)32(39)45-31(43)11-6-24-4-8-26(9-5-24)40(20-18-37)21-19-38/h4-5,8-9,22,28-30,32H,6-7,10-21,39H2,1-3H3/t28-,29+,30+,32+,34+,35+,36+/m1/s1. The van der Waals surface area contributed by atoms with Gasteiger partial charge in [0, 0.05) is 48.8 Å². The molecule has 0 saturated heterocycles. The maximum Gasteiger partial charge on any atom is 0.363 e. The van der Waals surface area contributed by atoms with Crippen LogP contribution < -0.4 is 10.6 Å². The maximum absolute atomic E-state index is 13.4. The monoisotopic (exact) mass is 674 g/mol. The van der Waals surface area contributed by atoms with E-state index in [-0.39, 0.29) is 29.3 Å². The van der Waals surface area contributed by atoms with Crippen molar-refractivity contribution in [3.05, 3.63) is 41.5 Å². The molecular weight excluding hydrogens is 627 g/mol. The lowest BCUT2D eigenvalue weighted by molar-refractivity contribution is -0.198. The van der Waals surface area contributed by atoms with Crippen molar-refractivity contribution in [1.29, 1.82) is 0 Å². The molecule has 8 nitrogen and oxygen atoms in total. The first-order valence-corrected chi connectivity index (χ1v) is 17.8. The van der Waals surface area contributed by atoms with Crippen LogP contribution in [-0.4, -0.2) is 60.2 Å². The number of benzene rings is 1. The molecule has 1 aromatic carbocycles. The number of Topliss-reactive ketones (excluding diaryl/α,β-unsaturated/α-hetero) is 1. The molecule has 5 rings (SSSR count). The summed E-state index contributed by atoms with van der Waals surface area (Å²) in [5, 5.41) is 0.